The average molecular weight is 599 g/mol. The van der Waals surface area contributed by atoms with Gasteiger partial charge in [0.15, 0.2) is 0 Å². The minimum Gasteiger partial charge on any atom is -0.285 e. The Morgan fingerprint density at radius 1 is 0.512 bits per heavy atom. The largest absolute Gasteiger partial charge is 0.285 e. The molecule has 1 aliphatic carbocycles. The Bertz CT molecular complexity index is 1300. The molecule has 0 aliphatic heterocycles. The number of carbonyl (C=O) groups is 2. The molecule has 43 heavy (non-hydrogen) atoms. The standard InChI is InChI=1S/C38H47O4P/c1-30-34(36(40)38(42-3)37(41-2)35(30)39)28-20-9-7-5-4-6-8-10-21-29-43(31-22-14-11-15-23-31,32-24-16-12-17-25-32)33-26-18-13-19-27-33/h11-19,22-27,43H,4-10,20-21,28-29H2,1-3H3. The molecule has 0 N–H and O–H groups in total. The van der Waals surface area contributed by atoms with E-state index in [9.17, 15) is 9.59 Å². The molecule has 0 atom stereocenters. The molecule has 0 saturated carbocycles. The topological polar surface area (TPSA) is 52.6 Å². The Labute approximate surface area is 258 Å². The summed E-state index contributed by atoms with van der Waals surface area (Å²) >= 11 is 0. The summed E-state index contributed by atoms with van der Waals surface area (Å²) in [6.45, 7) is 1.72. The first-order valence-corrected chi connectivity index (χ1v) is 18.0. The fourth-order valence-corrected chi connectivity index (χ4v) is 11.5. The van der Waals surface area contributed by atoms with Crippen molar-refractivity contribution in [2.75, 3.05) is 20.4 Å². The van der Waals surface area contributed by atoms with Gasteiger partial charge in [-0.1, -0.05) is 0 Å². The fraction of sp³-hybridized carbons (Fsp3) is 0.368. The van der Waals surface area contributed by atoms with E-state index in [1.54, 1.807) is 6.92 Å². The van der Waals surface area contributed by atoms with Crippen LogP contribution >= 0.6 is 7.26 Å². The number of carbonyl (C=O) groups excluding carboxylic acids is 2. The van der Waals surface area contributed by atoms with Gasteiger partial charge in [0, 0.05) is 5.57 Å². The number of hydrogen-bond donors (Lipinski definition) is 0. The second-order valence-electron chi connectivity index (χ2n) is 11.5. The van der Waals surface area contributed by atoms with Gasteiger partial charge in [0.25, 0.3) is 0 Å². The Morgan fingerprint density at radius 3 is 1.30 bits per heavy atom. The summed E-state index contributed by atoms with van der Waals surface area (Å²) in [5.41, 5.74) is 1.06. The molecular formula is C38H47O4P. The second kappa shape index (κ2) is 16.4. The van der Waals surface area contributed by atoms with Gasteiger partial charge in [-0.15, -0.1) is 0 Å². The molecule has 3 aromatic rings. The number of Topliss-reactive ketones (excluding diaryl/α,β-unsaturated/α-hetero) is 2. The third-order valence-corrected chi connectivity index (χ3v) is 13.9. The minimum atomic E-state index is -2.12. The molecular weight excluding hydrogens is 551 g/mol. The molecule has 0 amide bonds. The molecule has 1 aliphatic rings. The molecule has 0 saturated heterocycles. The maximum absolute atomic E-state index is 12.8. The van der Waals surface area contributed by atoms with Crippen LogP contribution < -0.4 is 15.9 Å². The normalized spacial score (nSPS) is 14.3. The second-order valence-corrected chi connectivity index (χ2v) is 15.6. The van der Waals surface area contributed by atoms with Crippen LogP contribution in [-0.2, 0) is 19.1 Å². The van der Waals surface area contributed by atoms with Gasteiger partial charge in [0.05, 0.1) is 14.2 Å². The van der Waals surface area contributed by atoms with Crippen molar-refractivity contribution in [1.29, 1.82) is 0 Å². The molecule has 0 unspecified atom stereocenters. The Morgan fingerprint density at radius 2 is 0.884 bits per heavy atom. The predicted octanol–water partition coefficient (Wildman–Crippen LogP) is 7.59. The van der Waals surface area contributed by atoms with Crippen LogP contribution in [0.15, 0.2) is 114 Å². The predicted molar refractivity (Wildman–Crippen MR) is 181 cm³/mol. The van der Waals surface area contributed by atoms with Crippen LogP contribution in [0, 0.1) is 0 Å². The van der Waals surface area contributed by atoms with Crippen LogP contribution in [0.25, 0.3) is 0 Å². The zero-order valence-electron chi connectivity index (χ0n) is 26.1. The van der Waals surface area contributed by atoms with Crippen molar-refractivity contribution >= 4 is 34.7 Å². The van der Waals surface area contributed by atoms with Gasteiger partial charge in [-0.2, -0.15) is 0 Å². The van der Waals surface area contributed by atoms with E-state index in [1.165, 1.54) is 74.8 Å². The number of ketones is 2. The first-order chi connectivity index (χ1) is 21.0. The van der Waals surface area contributed by atoms with Crippen LogP contribution in [0.5, 0.6) is 0 Å². The molecule has 0 bridgehead atoms. The number of methoxy groups -OCH3 is 2. The SMILES string of the molecule is COC1=C(OC)C(=O)C(CCCCCCCCCCC[PH](c2ccccc2)(c2ccccc2)c2ccccc2)=C(C)C1=O. The molecule has 3 aromatic carbocycles. The van der Waals surface area contributed by atoms with Crippen molar-refractivity contribution in [3.63, 3.8) is 0 Å². The Balaban J connectivity index is 1.23. The van der Waals surface area contributed by atoms with E-state index in [-0.39, 0.29) is 23.1 Å². The summed E-state index contributed by atoms with van der Waals surface area (Å²) < 4.78 is 10.3. The quantitative estimate of drug-likeness (QED) is 0.0913. The number of hydrogen-bond acceptors (Lipinski definition) is 4. The maximum atomic E-state index is 12.8. The van der Waals surface area contributed by atoms with E-state index in [2.05, 4.69) is 91.0 Å². The van der Waals surface area contributed by atoms with Gasteiger partial charge in [0.1, 0.15) is 0 Å². The van der Waals surface area contributed by atoms with Gasteiger partial charge >= 0.3 is 190 Å². The number of unbranched alkanes of at least 4 members (excludes halogenated alkanes) is 8. The van der Waals surface area contributed by atoms with Gasteiger partial charge in [-0.05, 0) is 6.92 Å². The van der Waals surface area contributed by atoms with Gasteiger partial charge < -0.3 is 9.47 Å². The maximum Gasteiger partial charge on any atom is 0.227 e. The van der Waals surface area contributed by atoms with Crippen molar-refractivity contribution in [1.82, 2.24) is 0 Å². The summed E-state index contributed by atoms with van der Waals surface area (Å²) in [4.78, 5) is 25.4. The molecule has 0 heterocycles. The number of rotatable bonds is 17. The van der Waals surface area contributed by atoms with Crippen molar-refractivity contribution in [2.24, 2.45) is 0 Å². The summed E-state index contributed by atoms with van der Waals surface area (Å²) in [5, 5.41) is 4.48. The van der Waals surface area contributed by atoms with E-state index in [0.29, 0.717) is 17.6 Å². The monoisotopic (exact) mass is 598 g/mol. The Kier molecular flexibility index (Phi) is 12.4. The van der Waals surface area contributed by atoms with Crippen molar-refractivity contribution in [3.8, 4) is 0 Å². The Hall–Kier alpha value is -3.49. The van der Waals surface area contributed by atoms with Crippen LogP contribution in [0.2, 0.25) is 0 Å². The van der Waals surface area contributed by atoms with Crippen molar-refractivity contribution in [2.45, 2.75) is 71.1 Å². The van der Waals surface area contributed by atoms with Crippen molar-refractivity contribution < 1.29 is 19.1 Å². The average Bonchev–Trinajstić information content (AvgIpc) is 3.06. The molecule has 0 radical (unpaired) electrons. The molecule has 4 rings (SSSR count). The number of benzene rings is 3. The summed E-state index contributed by atoms with van der Waals surface area (Å²) in [6.07, 6.45) is 12.4. The number of ether oxygens (including phenoxy) is 2. The first-order valence-electron chi connectivity index (χ1n) is 15.8. The molecule has 0 aromatic heterocycles. The smallest absolute Gasteiger partial charge is 0.227 e. The van der Waals surface area contributed by atoms with Crippen LogP contribution in [0.4, 0.5) is 0 Å². The molecule has 4 nitrogen and oxygen atoms in total. The van der Waals surface area contributed by atoms with Gasteiger partial charge in [-0.3, -0.25) is 9.59 Å². The summed E-state index contributed by atoms with van der Waals surface area (Å²) in [7, 11) is 0.682. The van der Waals surface area contributed by atoms with E-state index >= 15 is 0 Å². The van der Waals surface area contributed by atoms with E-state index in [4.69, 9.17) is 9.47 Å². The number of allylic oxidation sites excluding steroid dienone is 2. The third kappa shape index (κ3) is 7.73. The first kappa shape index (κ1) is 32.4. The van der Waals surface area contributed by atoms with Crippen LogP contribution in [0.1, 0.15) is 71.1 Å². The van der Waals surface area contributed by atoms with Crippen molar-refractivity contribution in [3.05, 3.63) is 114 Å². The van der Waals surface area contributed by atoms with E-state index in [0.717, 1.165) is 19.3 Å². The molecule has 228 valence electrons. The third-order valence-electron chi connectivity index (χ3n) is 8.87. The van der Waals surface area contributed by atoms with Gasteiger partial charge in [-0.25, -0.2) is 0 Å². The van der Waals surface area contributed by atoms with Gasteiger partial charge in [0.2, 0.25) is 23.1 Å². The molecule has 0 spiro atoms. The van der Waals surface area contributed by atoms with E-state index < -0.39 is 7.26 Å². The fourth-order valence-electron chi connectivity index (χ4n) is 6.52. The van der Waals surface area contributed by atoms with Crippen LogP contribution in [-0.4, -0.2) is 31.9 Å². The molecule has 0 fully saturated rings. The molecule has 5 heteroatoms. The zero-order valence-corrected chi connectivity index (χ0v) is 27.1. The minimum absolute atomic E-state index is 0.0157. The summed E-state index contributed by atoms with van der Waals surface area (Å²) in [5.74, 6) is -0.410. The zero-order chi connectivity index (χ0) is 30.5. The van der Waals surface area contributed by atoms with Crippen LogP contribution in [0.3, 0.4) is 0 Å². The summed E-state index contributed by atoms with van der Waals surface area (Å²) in [6, 6.07) is 33.6. The van der Waals surface area contributed by atoms with E-state index in [1.807, 2.05) is 0 Å².